The fourth-order valence-corrected chi connectivity index (χ4v) is 3.02. The van der Waals surface area contributed by atoms with Crippen LogP contribution in [0.5, 0.6) is 0 Å². The van der Waals surface area contributed by atoms with Gasteiger partial charge in [0.15, 0.2) is 0 Å². The van der Waals surface area contributed by atoms with Gasteiger partial charge in [-0.25, -0.2) is 4.39 Å². The molecule has 4 heteroatoms. The second-order valence-corrected chi connectivity index (χ2v) is 5.63. The van der Waals surface area contributed by atoms with Gasteiger partial charge >= 0.3 is 0 Å². The largest absolute Gasteiger partial charge is 0.317 e. The molecule has 0 atom stereocenters. The minimum Gasteiger partial charge on any atom is -0.317 e. The molecule has 0 radical (unpaired) electrons. The molecule has 1 saturated heterocycles. The van der Waals surface area contributed by atoms with Crippen molar-refractivity contribution in [3.63, 3.8) is 0 Å². The van der Waals surface area contributed by atoms with E-state index in [9.17, 15) is 4.39 Å². The molecule has 1 aromatic carbocycles. The maximum Gasteiger partial charge on any atom is 0.124 e. The highest BCUT2D eigenvalue weighted by Gasteiger charge is 2.20. The van der Waals surface area contributed by atoms with Crippen molar-refractivity contribution in [2.75, 3.05) is 19.6 Å². The minimum absolute atomic E-state index is 0.185. The van der Waals surface area contributed by atoms with Gasteiger partial charge in [-0.1, -0.05) is 28.9 Å². The molecule has 0 bridgehead atoms. The predicted molar refractivity (Wildman–Crippen MR) is 76.1 cm³/mol. The van der Waals surface area contributed by atoms with E-state index in [-0.39, 0.29) is 5.82 Å². The van der Waals surface area contributed by atoms with Gasteiger partial charge in [0.25, 0.3) is 0 Å². The lowest BCUT2D eigenvalue weighted by molar-refractivity contribution is 0.162. The average molecular weight is 315 g/mol. The normalized spacial score (nSPS) is 17.3. The van der Waals surface area contributed by atoms with Crippen LogP contribution < -0.4 is 5.32 Å². The average Bonchev–Trinajstić information content (AvgIpc) is 2.39. The van der Waals surface area contributed by atoms with Crippen LogP contribution in [0.4, 0.5) is 4.39 Å². The highest BCUT2D eigenvalue weighted by molar-refractivity contribution is 9.10. The molecule has 0 unspecified atom stereocenters. The van der Waals surface area contributed by atoms with E-state index in [1.165, 1.54) is 18.9 Å². The van der Waals surface area contributed by atoms with Crippen LogP contribution in [-0.4, -0.2) is 30.6 Å². The van der Waals surface area contributed by atoms with Crippen molar-refractivity contribution < 1.29 is 4.39 Å². The Labute approximate surface area is 117 Å². The third-order valence-corrected chi connectivity index (χ3v) is 4.36. The highest BCUT2D eigenvalue weighted by atomic mass is 79.9. The van der Waals surface area contributed by atoms with Crippen LogP contribution in [0.2, 0.25) is 0 Å². The van der Waals surface area contributed by atoms with Gasteiger partial charge in [-0.05, 0) is 50.2 Å². The van der Waals surface area contributed by atoms with E-state index < -0.39 is 0 Å². The Kier molecular flexibility index (Phi) is 5.15. The van der Waals surface area contributed by atoms with E-state index >= 15 is 0 Å². The summed E-state index contributed by atoms with van der Waals surface area (Å²) in [4.78, 5) is 2.48. The number of nitrogens with one attached hydrogen (secondary N) is 1. The summed E-state index contributed by atoms with van der Waals surface area (Å²) < 4.78 is 13.9. The number of nitrogens with zero attached hydrogens (tertiary/aromatic N) is 1. The van der Waals surface area contributed by atoms with Crippen molar-refractivity contribution in [1.82, 2.24) is 10.2 Å². The summed E-state index contributed by atoms with van der Waals surface area (Å²) in [5.74, 6) is -0.185. The molecule has 1 N–H and O–H groups in total. The van der Waals surface area contributed by atoms with Crippen molar-refractivity contribution in [3.8, 4) is 0 Å². The van der Waals surface area contributed by atoms with E-state index in [1.54, 1.807) is 6.07 Å². The fraction of sp³-hybridized carbons (Fsp3) is 0.571. The lowest BCUT2D eigenvalue weighted by Crippen LogP contribution is -2.42. The summed E-state index contributed by atoms with van der Waals surface area (Å²) in [7, 11) is 0. The minimum atomic E-state index is -0.185. The second-order valence-electron chi connectivity index (χ2n) is 4.78. The Hall–Kier alpha value is -0.450. The molecule has 100 valence electrons. The van der Waals surface area contributed by atoms with Crippen LogP contribution in [0.1, 0.15) is 25.3 Å². The van der Waals surface area contributed by atoms with E-state index in [2.05, 4.69) is 33.1 Å². The molecule has 2 rings (SSSR count). The molecule has 0 saturated carbocycles. The number of rotatable bonds is 4. The zero-order valence-electron chi connectivity index (χ0n) is 10.8. The first kappa shape index (κ1) is 14.0. The zero-order chi connectivity index (χ0) is 13.0. The van der Waals surface area contributed by atoms with Crippen molar-refractivity contribution in [2.24, 2.45) is 0 Å². The Bertz CT molecular complexity index is 391. The van der Waals surface area contributed by atoms with Gasteiger partial charge in [0.05, 0.1) is 0 Å². The standard InChI is InChI=1S/C14H20BrFN2/c1-2-18(13-5-7-17-8-6-13)10-11-3-4-12(16)9-14(11)15/h3-4,9,13,17H,2,5-8,10H2,1H3. The maximum atomic E-state index is 13.1. The van der Waals surface area contributed by atoms with Crippen LogP contribution in [0, 0.1) is 5.82 Å². The quantitative estimate of drug-likeness (QED) is 0.918. The number of halogens is 2. The van der Waals surface area contributed by atoms with Gasteiger partial charge in [0.2, 0.25) is 0 Å². The summed E-state index contributed by atoms with van der Waals surface area (Å²) >= 11 is 3.45. The van der Waals surface area contributed by atoms with Gasteiger partial charge < -0.3 is 5.32 Å². The Morgan fingerprint density at radius 3 is 2.72 bits per heavy atom. The Morgan fingerprint density at radius 2 is 2.11 bits per heavy atom. The molecule has 1 fully saturated rings. The monoisotopic (exact) mass is 314 g/mol. The SMILES string of the molecule is CCN(Cc1ccc(F)cc1Br)C1CCNCC1. The number of hydrogen-bond donors (Lipinski definition) is 1. The fourth-order valence-electron chi connectivity index (χ4n) is 2.54. The van der Waals surface area contributed by atoms with Crippen molar-refractivity contribution >= 4 is 15.9 Å². The van der Waals surface area contributed by atoms with Crippen LogP contribution in [-0.2, 0) is 6.54 Å². The summed E-state index contributed by atoms with van der Waals surface area (Å²) in [6.07, 6.45) is 2.40. The van der Waals surface area contributed by atoms with Gasteiger partial charge in [-0.2, -0.15) is 0 Å². The first-order valence-electron chi connectivity index (χ1n) is 6.59. The Morgan fingerprint density at radius 1 is 1.39 bits per heavy atom. The van der Waals surface area contributed by atoms with Gasteiger partial charge in [0, 0.05) is 17.1 Å². The molecule has 0 spiro atoms. The first-order valence-corrected chi connectivity index (χ1v) is 7.38. The number of hydrogen-bond acceptors (Lipinski definition) is 2. The van der Waals surface area contributed by atoms with Crippen LogP contribution in [0.15, 0.2) is 22.7 Å². The summed E-state index contributed by atoms with van der Waals surface area (Å²) in [5, 5.41) is 3.39. The third kappa shape index (κ3) is 3.53. The molecule has 1 heterocycles. The van der Waals surface area contributed by atoms with Crippen molar-refractivity contribution in [3.05, 3.63) is 34.1 Å². The highest BCUT2D eigenvalue weighted by Crippen LogP contribution is 2.22. The molecule has 0 aromatic heterocycles. The van der Waals surface area contributed by atoms with Gasteiger partial charge in [0.1, 0.15) is 5.82 Å². The van der Waals surface area contributed by atoms with E-state index in [4.69, 9.17) is 0 Å². The number of benzene rings is 1. The molecule has 1 aliphatic heterocycles. The van der Waals surface area contributed by atoms with E-state index in [0.29, 0.717) is 6.04 Å². The summed E-state index contributed by atoms with van der Waals surface area (Å²) in [5.41, 5.74) is 1.16. The lowest BCUT2D eigenvalue weighted by Gasteiger charge is -2.34. The van der Waals surface area contributed by atoms with Crippen molar-refractivity contribution in [2.45, 2.75) is 32.4 Å². The predicted octanol–water partition coefficient (Wildman–Crippen LogP) is 3.16. The van der Waals surface area contributed by atoms with Gasteiger partial charge in [-0.15, -0.1) is 0 Å². The first-order chi connectivity index (χ1) is 8.70. The number of piperidine rings is 1. The van der Waals surface area contributed by atoms with Gasteiger partial charge in [-0.3, -0.25) is 4.90 Å². The van der Waals surface area contributed by atoms with Crippen LogP contribution in [0.3, 0.4) is 0 Å². The molecular formula is C14H20BrFN2. The molecule has 1 aromatic rings. The second kappa shape index (κ2) is 6.64. The molecular weight excluding hydrogens is 295 g/mol. The lowest BCUT2D eigenvalue weighted by atomic mass is 10.0. The summed E-state index contributed by atoms with van der Waals surface area (Å²) in [6, 6.07) is 5.61. The molecule has 0 amide bonds. The molecule has 2 nitrogen and oxygen atoms in total. The zero-order valence-corrected chi connectivity index (χ0v) is 12.3. The third-order valence-electron chi connectivity index (χ3n) is 3.62. The molecule has 1 aliphatic rings. The molecule has 0 aliphatic carbocycles. The summed E-state index contributed by atoms with van der Waals surface area (Å²) in [6.45, 7) is 6.33. The smallest absolute Gasteiger partial charge is 0.124 e. The molecule has 18 heavy (non-hydrogen) atoms. The maximum absolute atomic E-state index is 13.1. The van der Waals surface area contributed by atoms with Crippen LogP contribution in [0.25, 0.3) is 0 Å². The van der Waals surface area contributed by atoms with E-state index in [0.717, 1.165) is 36.2 Å². The van der Waals surface area contributed by atoms with Crippen molar-refractivity contribution in [1.29, 1.82) is 0 Å². The topological polar surface area (TPSA) is 15.3 Å². The van der Waals surface area contributed by atoms with Crippen LogP contribution >= 0.6 is 15.9 Å². The Balaban J connectivity index is 2.04. The van der Waals surface area contributed by atoms with E-state index in [1.807, 2.05) is 6.07 Å².